The Labute approximate surface area is 127 Å². The highest BCUT2D eigenvalue weighted by Gasteiger charge is 2.24. The van der Waals surface area contributed by atoms with Crippen LogP contribution in [0.5, 0.6) is 11.5 Å². The van der Waals surface area contributed by atoms with Crippen LogP contribution in [-0.2, 0) is 0 Å². The number of hydrogen-bond acceptors (Lipinski definition) is 4. The third kappa shape index (κ3) is 4.11. The Bertz CT molecular complexity index is 450. The number of ether oxygens (including phenoxy) is 2. The van der Waals surface area contributed by atoms with Crippen LogP contribution >= 0.6 is 0 Å². The van der Waals surface area contributed by atoms with Crippen molar-refractivity contribution >= 4 is 0 Å². The lowest BCUT2D eigenvalue weighted by molar-refractivity contribution is 0.165. The Morgan fingerprint density at radius 1 is 1.29 bits per heavy atom. The van der Waals surface area contributed by atoms with Crippen molar-refractivity contribution in [1.29, 1.82) is 0 Å². The van der Waals surface area contributed by atoms with E-state index in [4.69, 9.17) is 9.47 Å². The summed E-state index contributed by atoms with van der Waals surface area (Å²) in [6.07, 6.45) is 4.39. The molecule has 118 valence electrons. The molecule has 2 rings (SSSR count). The number of hydrogen-bond donors (Lipinski definition) is 2. The molecule has 0 spiro atoms. The summed E-state index contributed by atoms with van der Waals surface area (Å²) in [5.74, 6) is 2.27. The fourth-order valence-electron chi connectivity index (χ4n) is 3.12. The number of aliphatic hydroxyl groups excluding tert-OH is 1. The van der Waals surface area contributed by atoms with Gasteiger partial charge >= 0.3 is 0 Å². The lowest BCUT2D eigenvalue weighted by atomic mass is 10.0. The standard InChI is InChI=1S/C17H27NO3/c1-4-12-5-6-13(9-12)18-11-16(19)15-10-14(20-2)7-8-17(15)21-3/h7-8,10,12-13,16,18-19H,4-6,9,11H2,1-3H3. The SMILES string of the molecule is CCC1CCC(NCC(O)c2cc(OC)ccc2OC)C1. The second kappa shape index (κ2) is 7.66. The summed E-state index contributed by atoms with van der Waals surface area (Å²) in [5, 5.41) is 13.9. The van der Waals surface area contributed by atoms with E-state index in [0.29, 0.717) is 18.3 Å². The van der Waals surface area contributed by atoms with Crippen LogP contribution in [0.4, 0.5) is 0 Å². The number of aliphatic hydroxyl groups is 1. The Balaban J connectivity index is 1.95. The van der Waals surface area contributed by atoms with Crippen LogP contribution in [0.3, 0.4) is 0 Å². The molecule has 0 radical (unpaired) electrons. The van der Waals surface area contributed by atoms with Gasteiger partial charge in [-0.15, -0.1) is 0 Å². The van der Waals surface area contributed by atoms with Crippen molar-refractivity contribution in [3.05, 3.63) is 23.8 Å². The van der Waals surface area contributed by atoms with E-state index in [1.807, 2.05) is 18.2 Å². The first-order valence-corrected chi connectivity index (χ1v) is 7.81. The van der Waals surface area contributed by atoms with E-state index in [1.54, 1.807) is 14.2 Å². The van der Waals surface area contributed by atoms with Gasteiger partial charge in [-0.2, -0.15) is 0 Å². The number of rotatable bonds is 7. The third-order valence-corrected chi connectivity index (χ3v) is 4.51. The Morgan fingerprint density at radius 2 is 2.10 bits per heavy atom. The molecule has 1 saturated carbocycles. The van der Waals surface area contributed by atoms with Crippen molar-refractivity contribution in [3.63, 3.8) is 0 Å². The van der Waals surface area contributed by atoms with Crippen LogP contribution in [0.1, 0.15) is 44.3 Å². The molecular weight excluding hydrogens is 266 g/mol. The van der Waals surface area contributed by atoms with Crippen molar-refractivity contribution in [1.82, 2.24) is 5.32 Å². The van der Waals surface area contributed by atoms with E-state index < -0.39 is 6.10 Å². The van der Waals surface area contributed by atoms with Crippen LogP contribution in [0.15, 0.2) is 18.2 Å². The maximum Gasteiger partial charge on any atom is 0.124 e. The Hall–Kier alpha value is -1.26. The summed E-state index contributed by atoms with van der Waals surface area (Å²) < 4.78 is 10.6. The van der Waals surface area contributed by atoms with Crippen molar-refractivity contribution < 1.29 is 14.6 Å². The summed E-state index contributed by atoms with van der Waals surface area (Å²) in [4.78, 5) is 0. The molecule has 4 heteroatoms. The molecule has 0 bridgehead atoms. The molecular formula is C17H27NO3. The minimum absolute atomic E-state index is 0.529. The molecule has 2 N–H and O–H groups in total. The van der Waals surface area contributed by atoms with Crippen molar-refractivity contribution in [2.45, 2.75) is 44.8 Å². The molecule has 1 aromatic carbocycles. The van der Waals surface area contributed by atoms with Crippen LogP contribution < -0.4 is 14.8 Å². The molecule has 21 heavy (non-hydrogen) atoms. The monoisotopic (exact) mass is 293 g/mol. The van der Waals surface area contributed by atoms with Gasteiger partial charge < -0.3 is 19.9 Å². The molecule has 0 aliphatic heterocycles. The zero-order valence-corrected chi connectivity index (χ0v) is 13.3. The summed E-state index contributed by atoms with van der Waals surface area (Å²) in [7, 11) is 3.24. The molecule has 1 aliphatic carbocycles. The lowest BCUT2D eigenvalue weighted by Crippen LogP contribution is -2.31. The maximum atomic E-state index is 10.4. The first-order chi connectivity index (χ1) is 10.2. The van der Waals surface area contributed by atoms with Gasteiger partial charge in [0.25, 0.3) is 0 Å². The number of nitrogens with one attached hydrogen (secondary N) is 1. The van der Waals surface area contributed by atoms with E-state index >= 15 is 0 Å². The minimum atomic E-state index is -0.587. The van der Waals surface area contributed by atoms with E-state index in [2.05, 4.69) is 12.2 Å². The van der Waals surface area contributed by atoms with E-state index in [0.717, 1.165) is 17.2 Å². The molecule has 0 saturated heterocycles. The molecule has 3 unspecified atom stereocenters. The molecule has 4 nitrogen and oxygen atoms in total. The highest BCUT2D eigenvalue weighted by molar-refractivity contribution is 5.41. The van der Waals surface area contributed by atoms with E-state index in [9.17, 15) is 5.11 Å². The van der Waals surface area contributed by atoms with Gasteiger partial charge in [-0.05, 0) is 43.4 Å². The Morgan fingerprint density at radius 3 is 2.71 bits per heavy atom. The molecule has 0 amide bonds. The van der Waals surface area contributed by atoms with Crippen molar-refractivity contribution in [2.24, 2.45) is 5.92 Å². The largest absolute Gasteiger partial charge is 0.497 e. The van der Waals surface area contributed by atoms with Gasteiger partial charge in [-0.3, -0.25) is 0 Å². The van der Waals surface area contributed by atoms with E-state index in [-0.39, 0.29) is 0 Å². The van der Waals surface area contributed by atoms with Crippen LogP contribution in [0, 0.1) is 5.92 Å². The average molecular weight is 293 g/mol. The number of methoxy groups -OCH3 is 2. The minimum Gasteiger partial charge on any atom is -0.497 e. The quantitative estimate of drug-likeness (QED) is 0.811. The third-order valence-electron chi connectivity index (χ3n) is 4.51. The van der Waals surface area contributed by atoms with Gasteiger partial charge in [0.1, 0.15) is 11.5 Å². The van der Waals surface area contributed by atoms with Crippen molar-refractivity contribution in [3.8, 4) is 11.5 Å². The highest BCUT2D eigenvalue weighted by Crippen LogP contribution is 2.31. The molecule has 0 heterocycles. The average Bonchev–Trinajstić information content (AvgIpc) is 3.00. The molecule has 1 aromatic rings. The summed E-state index contributed by atoms with van der Waals surface area (Å²) in [6, 6.07) is 6.04. The topological polar surface area (TPSA) is 50.7 Å². The normalized spacial score (nSPS) is 23.0. The van der Waals surface area contributed by atoms with Crippen LogP contribution in [0.25, 0.3) is 0 Å². The zero-order valence-electron chi connectivity index (χ0n) is 13.3. The first-order valence-electron chi connectivity index (χ1n) is 7.81. The lowest BCUT2D eigenvalue weighted by Gasteiger charge is -2.19. The second-order valence-electron chi connectivity index (χ2n) is 5.82. The van der Waals surface area contributed by atoms with Crippen LogP contribution in [0.2, 0.25) is 0 Å². The molecule has 0 aromatic heterocycles. The first kappa shape index (κ1) is 16.1. The zero-order chi connectivity index (χ0) is 15.2. The maximum absolute atomic E-state index is 10.4. The predicted molar refractivity (Wildman–Crippen MR) is 83.9 cm³/mol. The summed E-state index contributed by atoms with van der Waals surface area (Å²) >= 11 is 0. The second-order valence-corrected chi connectivity index (χ2v) is 5.82. The van der Waals surface area contributed by atoms with Crippen molar-refractivity contribution in [2.75, 3.05) is 20.8 Å². The summed E-state index contributed by atoms with van der Waals surface area (Å²) in [5.41, 5.74) is 0.773. The van der Waals surface area contributed by atoms with Gasteiger partial charge in [0.2, 0.25) is 0 Å². The fraction of sp³-hybridized carbons (Fsp3) is 0.647. The van der Waals surface area contributed by atoms with Crippen LogP contribution in [-0.4, -0.2) is 31.9 Å². The van der Waals surface area contributed by atoms with Gasteiger partial charge in [-0.1, -0.05) is 13.3 Å². The van der Waals surface area contributed by atoms with E-state index in [1.165, 1.54) is 25.7 Å². The number of benzene rings is 1. The van der Waals surface area contributed by atoms with Gasteiger partial charge in [0.15, 0.2) is 0 Å². The molecule has 1 aliphatic rings. The van der Waals surface area contributed by atoms with Gasteiger partial charge in [0, 0.05) is 18.2 Å². The van der Waals surface area contributed by atoms with Gasteiger partial charge in [0.05, 0.1) is 20.3 Å². The highest BCUT2D eigenvalue weighted by atomic mass is 16.5. The predicted octanol–water partition coefficient (Wildman–Crippen LogP) is 2.91. The molecule has 3 atom stereocenters. The summed E-state index contributed by atoms with van der Waals surface area (Å²) in [6.45, 7) is 2.80. The molecule has 1 fully saturated rings. The Kier molecular flexibility index (Phi) is 5.88. The van der Waals surface area contributed by atoms with Gasteiger partial charge in [-0.25, -0.2) is 0 Å². The smallest absolute Gasteiger partial charge is 0.124 e. The fourth-order valence-corrected chi connectivity index (χ4v) is 3.12.